The minimum Gasteiger partial charge on any atom is -0.550 e. The zero-order chi connectivity index (χ0) is 13.9. The Labute approximate surface area is 179 Å². The topological polar surface area (TPSA) is 146 Å². The number of carboxylic acids is 3. The summed E-state index contributed by atoms with van der Waals surface area (Å²) in [5.74, 6) is -3.39. The zero-order valence-corrected chi connectivity index (χ0v) is 18.7. The van der Waals surface area contributed by atoms with Crippen molar-refractivity contribution in [2.45, 2.75) is 33.7 Å². The molecule has 2 N–H and O–H groups in total. The first-order valence-electron chi connectivity index (χ1n) is 4.33. The molecular weight excluding hydrogens is 287 g/mol. The van der Waals surface area contributed by atoms with Gasteiger partial charge in [-0.25, -0.2) is 0 Å². The van der Waals surface area contributed by atoms with Gasteiger partial charge in [0.15, 0.2) is 0 Å². The van der Waals surface area contributed by atoms with Crippen LogP contribution in [0.25, 0.3) is 0 Å². The van der Waals surface area contributed by atoms with Crippen LogP contribution in [0.5, 0.6) is 0 Å². The molecule has 1 atom stereocenters. The summed E-state index contributed by atoms with van der Waals surface area (Å²) in [6.45, 7) is 5.42. The largest absolute Gasteiger partial charge is 1.00 e. The van der Waals surface area contributed by atoms with Crippen molar-refractivity contribution in [3.8, 4) is 0 Å². The maximum absolute atomic E-state index is 9.90. The zero-order valence-electron chi connectivity index (χ0n) is 12.7. The van der Waals surface area contributed by atoms with Crippen molar-refractivity contribution in [3.63, 3.8) is 0 Å². The van der Waals surface area contributed by atoms with Crippen LogP contribution in [0, 0.1) is 5.92 Å². The summed E-state index contributed by atoms with van der Waals surface area (Å²) in [5, 5.41) is 27.7. The fourth-order valence-corrected chi connectivity index (χ4v) is 0.272. The molecule has 0 saturated heterocycles. The SMILES string of the molecule is CC(=O)[O-].CC(=O)[O-].CC(C)[C@H](N)C(=O)[O-].[Na+].[Na+].[Na+]. The minimum absolute atomic E-state index is 0. The third-order valence-corrected chi connectivity index (χ3v) is 0.990. The monoisotopic (exact) mass is 303 g/mol. The van der Waals surface area contributed by atoms with Crippen molar-refractivity contribution in [1.29, 1.82) is 0 Å². The first-order chi connectivity index (χ1) is 7.02. The van der Waals surface area contributed by atoms with E-state index < -0.39 is 23.9 Å². The smallest absolute Gasteiger partial charge is 0.550 e. The van der Waals surface area contributed by atoms with Crippen LogP contribution >= 0.6 is 0 Å². The third kappa shape index (κ3) is 66.6. The normalized spacial score (nSPS) is 8.53. The van der Waals surface area contributed by atoms with E-state index in [0.717, 1.165) is 13.8 Å². The van der Waals surface area contributed by atoms with E-state index in [1.54, 1.807) is 13.8 Å². The van der Waals surface area contributed by atoms with Crippen molar-refractivity contribution < 1.29 is 118 Å². The van der Waals surface area contributed by atoms with Gasteiger partial charge in [0.1, 0.15) is 0 Å². The molecule has 0 aliphatic heterocycles. The van der Waals surface area contributed by atoms with Crippen molar-refractivity contribution in [1.82, 2.24) is 0 Å². The Morgan fingerprint density at radius 3 is 1.00 bits per heavy atom. The van der Waals surface area contributed by atoms with E-state index in [9.17, 15) is 9.90 Å². The number of rotatable bonds is 2. The molecule has 0 radical (unpaired) electrons. The third-order valence-electron chi connectivity index (χ3n) is 0.990. The van der Waals surface area contributed by atoms with E-state index in [-0.39, 0.29) is 94.6 Å². The molecule has 0 fully saturated rings. The van der Waals surface area contributed by atoms with E-state index in [4.69, 9.17) is 25.5 Å². The molecule has 0 aromatic rings. The van der Waals surface area contributed by atoms with Crippen LogP contribution in [-0.4, -0.2) is 23.9 Å². The van der Waals surface area contributed by atoms with Gasteiger partial charge in [-0.15, -0.1) is 0 Å². The molecule has 19 heavy (non-hydrogen) atoms. The van der Waals surface area contributed by atoms with Crippen LogP contribution in [0.2, 0.25) is 0 Å². The Balaban J connectivity index is -0.0000000337. The molecule has 0 spiro atoms. The molecule has 0 saturated carbocycles. The van der Waals surface area contributed by atoms with E-state index in [1.807, 2.05) is 0 Å². The summed E-state index contributed by atoms with van der Waals surface area (Å²) in [4.78, 5) is 27.7. The summed E-state index contributed by atoms with van der Waals surface area (Å²) in [6.07, 6.45) is 0. The van der Waals surface area contributed by atoms with Gasteiger partial charge in [0.2, 0.25) is 0 Å². The molecule has 0 heterocycles. The summed E-state index contributed by atoms with van der Waals surface area (Å²) in [6, 6.07) is -0.824. The van der Waals surface area contributed by atoms with E-state index in [2.05, 4.69) is 0 Å². The van der Waals surface area contributed by atoms with Crippen LogP contribution in [-0.2, 0) is 14.4 Å². The Hall–Kier alpha value is 1.37. The molecule has 0 rings (SSSR count). The van der Waals surface area contributed by atoms with Crippen molar-refractivity contribution in [2.24, 2.45) is 11.7 Å². The predicted octanol–water partition coefficient (Wildman–Crippen LogP) is -12.8. The average molecular weight is 303 g/mol. The van der Waals surface area contributed by atoms with Gasteiger partial charge in [-0.3, -0.25) is 0 Å². The van der Waals surface area contributed by atoms with Gasteiger partial charge >= 0.3 is 88.7 Å². The number of aliphatic carboxylic acids is 3. The fourth-order valence-electron chi connectivity index (χ4n) is 0.272. The van der Waals surface area contributed by atoms with Crippen molar-refractivity contribution in [3.05, 3.63) is 0 Å². The molecule has 0 amide bonds. The van der Waals surface area contributed by atoms with Gasteiger partial charge < -0.3 is 35.4 Å². The maximum atomic E-state index is 9.90. The summed E-state index contributed by atoms with van der Waals surface area (Å²) >= 11 is 0. The molecule has 96 valence electrons. The first-order valence-corrected chi connectivity index (χ1v) is 4.33. The van der Waals surface area contributed by atoms with Gasteiger partial charge in [-0.2, -0.15) is 0 Å². The molecule has 0 aromatic carbocycles. The molecule has 0 aliphatic rings. The molecule has 0 aromatic heterocycles. The quantitative estimate of drug-likeness (QED) is 0.498. The number of nitrogens with two attached hydrogens (primary N) is 1. The number of carbonyl (C=O) groups excluding carboxylic acids is 3. The number of carboxylic acid groups (broad SMARTS) is 3. The number of hydrogen-bond acceptors (Lipinski definition) is 7. The van der Waals surface area contributed by atoms with Gasteiger partial charge in [-0.1, -0.05) is 13.8 Å². The van der Waals surface area contributed by atoms with Gasteiger partial charge in [0.05, 0.1) is 5.97 Å². The number of carbonyl (C=O) groups is 3. The van der Waals surface area contributed by atoms with Gasteiger partial charge in [-0.05, 0) is 19.8 Å². The van der Waals surface area contributed by atoms with Gasteiger partial charge in [0, 0.05) is 18.0 Å². The molecule has 0 bridgehead atoms. The predicted molar refractivity (Wildman–Crippen MR) is 49.2 cm³/mol. The van der Waals surface area contributed by atoms with Crippen LogP contribution in [0.3, 0.4) is 0 Å². The molecule has 7 nitrogen and oxygen atoms in total. The Kier molecular flexibility index (Phi) is 47.5. The summed E-state index contributed by atoms with van der Waals surface area (Å²) in [7, 11) is 0. The number of hydrogen-bond donors (Lipinski definition) is 1. The van der Waals surface area contributed by atoms with Crippen LogP contribution in [0.4, 0.5) is 0 Å². The van der Waals surface area contributed by atoms with Crippen LogP contribution < -0.4 is 110 Å². The first kappa shape index (κ1) is 37.0. The fraction of sp³-hybridized carbons (Fsp3) is 0.667. The molecular formula is C9H16NNa3O6. The molecule has 0 unspecified atom stereocenters. The van der Waals surface area contributed by atoms with E-state index in [0.29, 0.717) is 0 Å². The standard InChI is InChI=1S/C5H11NO2.2C2H4O2.3Na/c1-3(2)4(6)5(7)8;2*1-2(3)4;;;/h3-4H,6H2,1-2H3,(H,7,8);2*1H3,(H,3,4);;;/q;;;3*+1/p-3/t4-;;;;;/m0...../s1. The summed E-state index contributed by atoms with van der Waals surface area (Å²) in [5.41, 5.74) is 5.10. The van der Waals surface area contributed by atoms with E-state index >= 15 is 0 Å². The average Bonchev–Trinajstić information content (AvgIpc) is 2.00. The van der Waals surface area contributed by atoms with Gasteiger partial charge in [0.25, 0.3) is 0 Å². The second-order valence-electron chi connectivity index (χ2n) is 3.07. The summed E-state index contributed by atoms with van der Waals surface area (Å²) < 4.78 is 0. The van der Waals surface area contributed by atoms with Crippen molar-refractivity contribution in [2.75, 3.05) is 0 Å². The maximum Gasteiger partial charge on any atom is 1.00 e. The Morgan fingerprint density at radius 2 is 1.00 bits per heavy atom. The van der Waals surface area contributed by atoms with Crippen LogP contribution in [0.15, 0.2) is 0 Å². The Bertz CT molecular complexity index is 218. The molecule has 10 heteroatoms. The van der Waals surface area contributed by atoms with Crippen LogP contribution in [0.1, 0.15) is 27.7 Å². The van der Waals surface area contributed by atoms with E-state index in [1.165, 1.54) is 0 Å². The minimum atomic E-state index is -1.18. The molecule has 0 aliphatic carbocycles. The Morgan fingerprint density at radius 1 is 0.842 bits per heavy atom. The second kappa shape index (κ2) is 24.4. The van der Waals surface area contributed by atoms with Crippen molar-refractivity contribution >= 4 is 17.9 Å². The second-order valence-corrected chi connectivity index (χ2v) is 3.07.